The lowest BCUT2D eigenvalue weighted by Gasteiger charge is -1.97. The van der Waals surface area contributed by atoms with E-state index in [1.807, 2.05) is 6.08 Å². The van der Waals surface area contributed by atoms with E-state index in [9.17, 15) is 9.59 Å². The molecule has 1 fully saturated rings. The molecule has 0 unspecified atom stereocenters. The van der Waals surface area contributed by atoms with Crippen LogP contribution in [0.1, 0.15) is 51.9 Å². The van der Waals surface area contributed by atoms with Gasteiger partial charge in [-0.05, 0) is 12.8 Å². The second-order valence-corrected chi connectivity index (χ2v) is 3.99. The Bertz CT molecular complexity index is 269. The molecule has 0 radical (unpaired) electrons. The number of hydrogen-bond donors (Lipinski definition) is 1. The quantitative estimate of drug-likeness (QED) is 0.414. The molecule has 15 heavy (non-hydrogen) atoms. The molecule has 1 rings (SSSR count). The van der Waals surface area contributed by atoms with Crippen LogP contribution in [0, 0.1) is 0 Å². The Balaban J connectivity index is 2.15. The minimum Gasteiger partial charge on any atom is -0.292 e. The SMILES string of the molecule is CCCCCCC/C=C1/CC(=O)NC1=O. The molecule has 2 amide bonds. The lowest BCUT2D eigenvalue weighted by atomic mass is 10.1. The predicted molar refractivity (Wildman–Crippen MR) is 59.2 cm³/mol. The average molecular weight is 209 g/mol. The summed E-state index contributed by atoms with van der Waals surface area (Å²) in [5.74, 6) is -0.370. The van der Waals surface area contributed by atoms with Crippen LogP contribution in [-0.4, -0.2) is 11.8 Å². The van der Waals surface area contributed by atoms with Crippen molar-refractivity contribution in [2.75, 3.05) is 0 Å². The first kappa shape index (κ1) is 12.0. The van der Waals surface area contributed by atoms with Gasteiger partial charge in [-0.3, -0.25) is 14.9 Å². The van der Waals surface area contributed by atoms with Crippen molar-refractivity contribution in [1.82, 2.24) is 5.32 Å². The van der Waals surface area contributed by atoms with Crippen LogP contribution in [0.3, 0.4) is 0 Å². The van der Waals surface area contributed by atoms with E-state index >= 15 is 0 Å². The van der Waals surface area contributed by atoms with Gasteiger partial charge in [0.15, 0.2) is 0 Å². The van der Waals surface area contributed by atoms with Gasteiger partial charge in [0.05, 0.1) is 6.42 Å². The van der Waals surface area contributed by atoms with Crippen molar-refractivity contribution in [3.63, 3.8) is 0 Å². The summed E-state index contributed by atoms with van der Waals surface area (Å²) in [6, 6.07) is 0. The molecule has 0 spiro atoms. The topological polar surface area (TPSA) is 46.2 Å². The second-order valence-electron chi connectivity index (χ2n) is 3.99. The van der Waals surface area contributed by atoms with Crippen LogP contribution >= 0.6 is 0 Å². The van der Waals surface area contributed by atoms with Gasteiger partial charge in [0.2, 0.25) is 5.91 Å². The fourth-order valence-electron chi connectivity index (χ4n) is 1.69. The molecular weight excluding hydrogens is 190 g/mol. The number of rotatable bonds is 6. The fourth-order valence-corrected chi connectivity index (χ4v) is 1.69. The van der Waals surface area contributed by atoms with Crippen molar-refractivity contribution in [3.8, 4) is 0 Å². The molecule has 0 atom stereocenters. The maximum absolute atomic E-state index is 11.2. The summed E-state index contributed by atoms with van der Waals surface area (Å²) in [4.78, 5) is 22.0. The van der Waals surface area contributed by atoms with Gasteiger partial charge < -0.3 is 0 Å². The maximum atomic E-state index is 11.2. The summed E-state index contributed by atoms with van der Waals surface area (Å²) in [6.07, 6.45) is 9.23. The molecule has 3 heteroatoms. The van der Waals surface area contributed by atoms with E-state index in [1.54, 1.807) is 0 Å². The lowest BCUT2D eigenvalue weighted by Crippen LogP contribution is -2.19. The molecular formula is C12H19NO2. The van der Waals surface area contributed by atoms with E-state index in [0.29, 0.717) is 5.57 Å². The molecule has 0 aliphatic carbocycles. The van der Waals surface area contributed by atoms with Gasteiger partial charge in [0, 0.05) is 5.57 Å². The van der Waals surface area contributed by atoms with E-state index in [-0.39, 0.29) is 18.2 Å². The number of amides is 2. The van der Waals surface area contributed by atoms with Crippen LogP contribution in [0.15, 0.2) is 11.6 Å². The molecule has 84 valence electrons. The zero-order valence-corrected chi connectivity index (χ0v) is 9.34. The summed E-state index contributed by atoms with van der Waals surface area (Å²) in [7, 11) is 0. The standard InChI is InChI=1S/C12H19NO2/c1-2-3-4-5-6-7-8-10-9-11(14)13-12(10)15/h8H,2-7,9H2,1H3,(H,13,14,15)/b10-8-. The van der Waals surface area contributed by atoms with Crippen LogP contribution in [0.5, 0.6) is 0 Å². The highest BCUT2D eigenvalue weighted by atomic mass is 16.2. The zero-order chi connectivity index (χ0) is 11.1. The number of hydrogen-bond acceptors (Lipinski definition) is 2. The monoisotopic (exact) mass is 209 g/mol. The number of carbonyl (C=O) groups excluding carboxylic acids is 2. The van der Waals surface area contributed by atoms with Gasteiger partial charge in [-0.25, -0.2) is 0 Å². The first-order valence-electron chi connectivity index (χ1n) is 5.77. The number of imide groups is 1. The van der Waals surface area contributed by atoms with Crippen molar-refractivity contribution in [2.45, 2.75) is 51.9 Å². The smallest absolute Gasteiger partial charge is 0.253 e. The third-order valence-corrected chi connectivity index (χ3v) is 2.59. The molecule has 1 saturated heterocycles. The summed E-state index contributed by atoms with van der Waals surface area (Å²) in [5, 5.41) is 2.28. The van der Waals surface area contributed by atoms with E-state index < -0.39 is 0 Å². The van der Waals surface area contributed by atoms with Gasteiger partial charge in [0.25, 0.3) is 5.91 Å². The Kier molecular flexibility index (Phi) is 5.08. The maximum Gasteiger partial charge on any atom is 0.253 e. The Labute approximate surface area is 90.9 Å². The van der Waals surface area contributed by atoms with E-state index in [2.05, 4.69) is 12.2 Å². The van der Waals surface area contributed by atoms with E-state index in [0.717, 1.165) is 12.8 Å². The fraction of sp³-hybridized carbons (Fsp3) is 0.667. The van der Waals surface area contributed by atoms with Crippen molar-refractivity contribution in [2.24, 2.45) is 0 Å². The molecule has 1 aliphatic heterocycles. The molecule has 0 aromatic heterocycles. The van der Waals surface area contributed by atoms with Crippen molar-refractivity contribution >= 4 is 11.8 Å². The molecule has 1 aliphatic rings. The molecule has 0 bridgehead atoms. The lowest BCUT2D eigenvalue weighted by molar-refractivity contribution is -0.124. The Morgan fingerprint density at radius 3 is 2.53 bits per heavy atom. The number of unbranched alkanes of at least 4 members (excludes halogenated alkanes) is 5. The van der Waals surface area contributed by atoms with Crippen LogP contribution in [-0.2, 0) is 9.59 Å². The summed E-state index contributed by atoms with van der Waals surface area (Å²) in [5.41, 5.74) is 0.649. The highest BCUT2D eigenvalue weighted by molar-refractivity contribution is 6.13. The van der Waals surface area contributed by atoms with Crippen LogP contribution in [0.2, 0.25) is 0 Å². The number of carbonyl (C=O) groups is 2. The van der Waals surface area contributed by atoms with Crippen molar-refractivity contribution < 1.29 is 9.59 Å². The van der Waals surface area contributed by atoms with Gasteiger partial charge in [-0.15, -0.1) is 0 Å². The molecule has 3 nitrogen and oxygen atoms in total. The normalized spacial score (nSPS) is 18.6. The van der Waals surface area contributed by atoms with E-state index in [1.165, 1.54) is 25.7 Å². The minimum absolute atomic E-state index is 0.169. The molecule has 1 N–H and O–H groups in total. The third kappa shape index (κ3) is 4.28. The summed E-state index contributed by atoms with van der Waals surface area (Å²) in [6.45, 7) is 2.19. The van der Waals surface area contributed by atoms with Crippen molar-refractivity contribution in [1.29, 1.82) is 0 Å². The zero-order valence-electron chi connectivity index (χ0n) is 9.34. The van der Waals surface area contributed by atoms with E-state index in [4.69, 9.17) is 0 Å². The largest absolute Gasteiger partial charge is 0.292 e. The van der Waals surface area contributed by atoms with Gasteiger partial charge in [-0.1, -0.05) is 38.7 Å². The summed E-state index contributed by atoms with van der Waals surface area (Å²) < 4.78 is 0. The van der Waals surface area contributed by atoms with Gasteiger partial charge in [-0.2, -0.15) is 0 Å². The first-order chi connectivity index (χ1) is 7.24. The Morgan fingerprint density at radius 1 is 1.20 bits per heavy atom. The van der Waals surface area contributed by atoms with Crippen LogP contribution in [0.4, 0.5) is 0 Å². The number of nitrogens with one attached hydrogen (secondary N) is 1. The van der Waals surface area contributed by atoms with Crippen LogP contribution in [0.25, 0.3) is 0 Å². The first-order valence-corrected chi connectivity index (χ1v) is 5.77. The highest BCUT2D eigenvalue weighted by Gasteiger charge is 2.22. The number of allylic oxidation sites excluding steroid dienone is 1. The molecule has 0 aromatic rings. The van der Waals surface area contributed by atoms with Crippen molar-refractivity contribution in [3.05, 3.63) is 11.6 Å². The van der Waals surface area contributed by atoms with Crippen LogP contribution < -0.4 is 5.32 Å². The minimum atomic E-state index is -0.200. The molecule has 0 saturated carbocycles. The Morgan fingerprint density at radius 2 is 1.93 bits per heavy atom. The van der Waals surface area contributed by atoms with Gasteiger partial charge in [0.1, 0.15) is 0 Å². The third-order valence-electron chi connectivity index (χ3n) is 2.59. The predicted octanol–water partition coefficient (Wildman–Crippen LogP) is 2.32. The molecule has 1 heterocycles. The second kappa shape index (κ2) is 6.38. The average Bonchev–Trinajstić information content (AvgIpc) is 2.51. The van der Waals surface area contributed by atoms with Gasteiger partial charge >= 0.3 is 0 Å². The Hall–Kier alpha value is -1.12. The molecule has 0 aromatic carbocycles. The highest BCUT2D eigenvalue weighted by Crippen LogP contribution is 2.12. The summed E-state index contributed by atoms with van der Waals surface area (Å²) >= 11 is 0.